The Morgan fingerprint density at radius 1 is 1.25 bits per heavy atom. The number of benzene rings is 2. The second-order valence-corrected chi connectivity index (χ2v) is 6.89. The van der Waals surface area contributed by atoms with Crippen molar-refractivity contribution in [1.82, 2.24) is 0 Å². The maximum Gasteiger partial charge on any atom is 0.297 e. The first kappa shape index (κ1) is 19.3. The molecule has 0 spiro atoms. The van der Waals surface area contributed by atoms with E-state index in [9.17, 15) is 8.42 Å². The van der Waals surface area contributed by atoms with Crippen molar-refractivity contribution in [2.45, 2.75) is 17.9 Å². The van der Waals surface area contributed by atoms with Gasteiger partial charge < -0.3 is 28.0 Å². The zero-order valence-corrected chi connectivity index (χ0v) is 16.8. The Kier molecular flexibility index (Phi) is 6.31. The van der Waals surface area contributed by atoms with Crippen molar-refractivity contribution in [3.05, 3.63) is 60.5 Å². The maximum absolute atomic E-state index is 12.1. The summed E-state index contributed by atoms with van der Waals surface area (Å²) in [6, 6.07) is 12.9. The van der Waals surface area contributed by atoms with Gasteiger partial charge in [0, 0.05) is 38.5 Å². The molecule has 1 aliphatic rings. The van der Waals surface area contributed by atoms with Gasteiger partial charge in [-0.15, -0.1) is 6.07 Å². The average molecular weight is 421 g/mol. The molecule has 1 aliphatic heterocycles. The fraction of sp³-hybridized carbons (Fsp3) is 0.235. The summed E-state index contributed by atoms with van der Waals surface area (Å²) in [6.07, 6.45) is -0.527. The van der Waals surface area contributed by atoms with Gasteiger partial charge in [-0.2, -0.15) is 8.42 Å². The molecule has 24 heavy (non-hydrogen) atoms. The molecule has 0 aliphatic carbocycles. The van der Waals surface area contributed by atoms with E-state index in [1.807, 2.05) is 6.92 Å². The molecule has 1 unspecified atom stereocenters. The summed E-state index contributed by atoms with van der Waals surface area (Å²) in [5.74, 6) is 0.986. The standard InChI is InChI=1S/C17H16O5S.Y/c1-12-3-6-15(7-4-12)23(18,19)21-11-14-10-20-16-8-5-13(2)9-17(16)22-14;/h3-8,14H,2,10-11H2,1H3;/q-2;. The molecular weight excluding hydrogens is 405 g/mol. The molecule has 1 radical (unpaired) electrons. The van der Waals surface area contributed by atoms with Crippen LogP contribution in [-0.4, -0.2) is 27.7 Å². The van der Waals surface area contributed by atoms with E-state index in [-0.39, 0.29) is 50.8 Å². The van der Waals surface area contributed by atoms with Crippen molar-refractivity contribution in [2.75, 3.05) is 13.2 Å². The van der Waals surface area contributed by atoms with Gasteiger partial charge in [-0.1, -0.05) is 17.7 Å². The Morgan fingerprint density at radius 3 is 2.67 bits per heavy atom. The molecule has 125 valence electrons. The van der Waals surface area contributed by atoms with Gasteiger partial charge in [-0.25, -0.2) is 0 Å². The van der Waals surface area contributed by atoms with Crippen molar-refractivity contribution in [3.63, 3.8) is 0 Å². The van der Waals surface area contributed by atoms with E-state index in [0.717, 1.165) is 5.56 Å². The van der Waals surface area contributed by atoms with Crippen LogP contribution in [0.4, 0.5) is 0 Å². The molecule has 3 rings (SSSR count). The van der Waals surface area contributed by atoms with Crippen molar-refractivity contribution >= 4 is 10.1 Å². The van der Waals surface area contributed by atoms with Crippen molar-refractivity contribution < 1.29 is 54.8 Å². The summed E-state index contributed by atoms with van der Waals surface area (Å²) in [5.41, 5.74) is 1.64. The van der Waals surface area contributed by atoms with Crippen molar-refractivity contribution in [2.24, 2.45) is 0 Å². The third kappa shape index (κ3) is 4.51. The summed E-state index contributed by atoms with van der Waals surface area (Å²) in [4.78, 5) is 0.117. The monoisotopic (exact) mass is 421 g/mol. The summed E-state index contributed by atoms with van der Waals surface area (Å²) < 4.78 is 40.5. The minimum absolute atomic E-state index is 0. The molecule has 1 atom stereocenters. The number of aryl methyl sites for hydroxylation is 1. The molecule has 7 heteroatoms. The average Bonchev–Trinajstić information content (AvgIpc) is 2.53. The quantitative estimate of drug-likeness (QED) is 0.561. The van der Waals surface area contributed by atoms with Crippen LogP contribution in [0.2, 0.25) is 0 Å². The van der Waals surface area contributed by atoms with E-state index < -0.39 is 16.2 Å². The van der Waals surface area contributed by atoms with Crippen LogP contribution < -0.4 is 9.47 Å². The molecule has 5 nitrogen and oxygen atoms in total. The maximum atomic E-state index is 12.1. The van der Waals surface area contributed by atoms with Gasteiger partial charge in [-0.3, -0.25) is 10.2 Å². The molecule has 0 saturated carbocycles. The normalized spacial score (nSPS) is 16.3. The summed E-state index contributed by atoms with van der Waals surface area (Å²) in [5, 5.41) is 0. The van der Waals surface area contributed by atoms with E-state index in [1.54, 1.807) is 24.3 Å². The van der Waals surface area contributed by atoms with Crippen LogP contribution >= 0.6 is 0 Å². The Hall–Kier alpha value is -1.08. The van der Waals surface area contributed by atoms with Gasteiger partial charge in [-0.05, 0) is 19.1 Å². The molecule has 0 fully saturated rings. The van der Waals surface area contributed by atoms with Crippen LogP contribution in [0.5, 0.6) is 11.5 Å². The van der Waals surface area contributed by atoms with Crippen LogP contribution in [0.15, 0.2) is 41.3 Å². The fourth-order valence-corrected chi connectivity index (χ4v) is 3.04. The van der Waals surface area contributed by atoms with E-state index >= 15 is 0 Å². The number of ether oxygens (including phenoxy) is 2. The third-order valence-corrected chi connectivity index (χ3v) is 4.66. The first-order valence-electron chi connectivity index (χ1n) is 7.08. The summed E-state index contributed by atoms with van der Waals surface area (Å²) in [7, 11) is -3.82. The number of hydrogen-bond donors (Lipinski definition) is 0. The third-order valence-electron chi connectivity index (χ3n) is 3.36. The molecule has 0 aromatic heterocycles. The van der Waals surface area contributed by atoms with Crippen LogP contribution in [0.25, 0.3) is 0 Å². The molecule has 0 amide bonds. The van der Waals surface area contributed by atoms with Crippen LogP contribution in [0, 0.1) is 19.9 Å². The van der Waals surface area contributed by atoms with E-state index in [2.05, 4.69) is 13.0 Å². The summed E-state index contributed by atoms with van der Waals surface area (Å²) in [6.45, 7) is 5.73. The fourth-order valence-electron chi connectivity index (χ4n) is 2.11. The van der Waals surface area contributed by atoms with Gasteiger partial charge in [0.1, 0.15) is 19.0 Å². The van der Waals surface area contributed by atoms with Gasteiger partial charge in [0.05, 0.1) is 4.90 Å². The first-order valence-corrected chi connectivity index (χ1v) is 8.49. The van der Waals surface area contributed by atoms with E-state index in [4.69, 9.17) is 13.7 Å². The van der Waals surface area contributed by atoms with Gasteiger partial charge >= 0.3 is 0 Å². The number of hydrogen-bond acceptors (Lipinski definition) is 5. The van der Waals surface area contributed by atoms with E-state index in [1.165, 1.54) is 12.1 Å². The zero-order chi connectivity index (χ0) is 16.4. The van der Waals surface area contributed by atoms with Gasteiger partial charge in [0.25, 0.3) is 10.1 Å². The topological polar surface area (TPSA) is 61.8 Å². The minimum atomic E-state index is -3.82. The SMILES string of the molecule is [CH2-]c1[c-]c2c(cc1)OCC(COS(=O)(=O)c1ccc(C)cc1)O2.[Y]. The van der Waals surface area contributed by atoms with Crippen LogP contribution in [-0.2, 0) is 47.0 Å². The second-order valence-electron chi connectivity index (χ2n) is 5.28. The predicted octanol–water partition coefficient (Wildman–Crippen LogP) is 2.52. The van der Waals surface area contributed by atoms with Crippen LogP contribution in [0.1, 0.15) is 11.1 Å². The Balaban J connectivity index is 0.00000208. The van der Waals surface area contributed by atoms with Crippen LogP contribution in [0.3, 0.4) is 0 Å². The Morgan fingerprint density at radius 2 is 1.96 bits per heavy atom. The van der Waals surface area contributed by atoms with Crippen molar-refractivity contribution in [3.8, 4) is 11.5 Å². The molecule has 2 aromatic rings. The first-order chi connectivity index (χ1) is 10.9. The molecular formula is C17H16O5SY-2. The number of rotatable bonds is 4. The molecule has 0 bridgehead atoms. The van der Waals surface area contributed by atoms with E-state index in [0.29, 0.717) is 17.1 Å². The van der Waals surface area contributed by atoms with Gasteiger partial charge in [0.2, 0.25) is 0 Å². The zero-order valence-electron chi connectivity index (χ0n) is 13.2. The smallest absolute Gasteiger partial charge is 0.297 e. The summed E-state index contributed by atoms with van der Waals surface area (Å²) >= 11 is 0. The minimum Gasteiger partial charge on any atom is -0.506 e. The molecule has 0 saturated heterocycles. The van der Waals surface area contributed by atoms with Gasteiger partial charge in [0.15, 0.2) is 6.10 Å². The Bertz CT molecular complexity index is 802. The van der Waals surface area contributed by atoms with Crippen molar-refractivity contribution in [1.29, 1.82) is 0 Å². The second kappa shape index (κ2) is 7.87. The largest absolute Gasteiger partial charge is 0.506 e. The molecule has 0 N–H and O–H groups in total. The molecule has 2 aromatic carbocycles. The number of fused-ring (bicyclic) bond motifs is 1. The molecule has 1 heterocycles. The Labute approximate surface area is 167 Å². The predicted molar refractivity (Wildman–Crippen MR) is 84.0 cm³/mol.